The molecule has 0 saturated carbocycles. The first kappa shape index (κ1) is 19.3. The molecule has 5 heteroatoms. The molecule has 0 spiro atoms. The van der Waals surface area contributed by atoms with Crippen LogP contribution in [0.15, 0.2) is 27.8 Å². The van der Waals surface area contributed by atoms with Crippen molar-refractivity contribution in [1.29, 1.82) is 0 Å². The molecule has 1 aromatic heterocycles. The summed E-state index contributed by atoms with van der Waals surface area (Å²) < 4.78 is 5.28. The van der Waals surface area contributed by atoms with Crippen molar-refractivity contribution in [3.05, 3.63) is 24.2 Å². The van der Waals surface area contributed by atoms with Crippen molar-refractivity contribution in [3.63, 3.8) is 0 Å². The number of nitrogens with zero attached hydrogens (tertiary/aromatic N) is 1. The Kier molecular flexibility index (Phi) is 9.71. The van der Waals surface area contributed by atoms with Crippen molar-refractivity contribution < 1.29 is 4.42 Å². The summed E-state index contributed by atoms with van der Waals surface area (Å²) in [6.45, 7) is 8.58. The first-order valence-corrected chi connectivity index (χ1v) is 6.98. The molecule has 0 radical (unpaired) electrons. The Bertz CT molecular complexity index is 369. The maximum atomic E-state index is 5.28. The first-order chi connectivity index (χ1) is 9.01. The summed E-state index contributed by atoms with van der Waals surface area (Å²) >= 11 is 0. The van der Waals surface area contributed by atoms with Gasteiger partial charge in [0.1, 0.15) is 5.76 Å². The Morgan fingerprint density at radius 3 is 2.50 bits per heavy atom. The van der Waals surface area contributed by atoms with Crippen molar-refractivity contribution in [2.24, 2.45) is 10.4 Å². The second-order valence-electron chi connectivity index (χ2n) is 5.92. The third kappa shape index (κ3) is 9.23. The van der Waals surface area contributed by atoms with Crippen LogP contribution in [0, 0.1) is 5.41 Å². The van der Waals surface area contributed by atoms with Crippen LogP contribution in [0.25, 0.3) is 0 Å². The lowest BCUT2D eigenvalue weighted by Crippen LogP contribution is -2.38. The monoisotopic (exact) mass is 393 g/mol. The Morgan fingerprint density at radius 2 is 1.95 bits per heavy atom. The zero-order chi connectivity index (χ0) is 14.1. The number of furan rings is 1. The van der Waals surface area contributed by atoms with Crippen molar-refractivity contribution >= 4 is 29.9 Å². The van der Waals surface area contributed by atoms with Crippen molar-refractivity contribution in [1.82, 2.24) is 10.6 Å². The predicted molar refractivity (Wildman–Crippen MR) is 95.9 cm³/mol. The lowest BCUT2D eigenvalue weighted by Gasteiger charge is -2.18. The van der Waals surface area contributed by atoms with Gasteiger partial charge in [-0.05, 0) is 30.4 Å². The van der Waals surface area contributed by atoms with E-state index in [9.17, 15) is 0 Å². The molecular formula is C15H28IN3O. The molecule has 0 amide bonds. The summed E-state index contributed by atoms with van der Waals surface area (Å²) in [5, 5.41) is 6.61. The van der Waals surface area contributed by atoms with Crippen molar-refractivity contribution in [2.45, 2.75) is 40.0 Å². The molecule has 2 N–H and O–H groups in total. The molecule has 1 aromatic rings. The summed E-state index contributed by atoms with van der Waals surface area (Å²) in [7, 11) is 1.80. The zero-order valence-electron chi connectivity index (χ0n) is 13.0. The molecule has 116 valence electrons. The molecule has 0 aromatic carbocycles. The lowest BCUT2D eigenvalue weighted by atomic mass is 9.91. The van der Waals surface area contributed by atoms with Gasteiger partial charge in [-0.3, -0.25) is 4.99 Å². The van der Waals surface area contributed by atoms with Gasteiger partial charge in [0.15, 0.2) is 5.96 Å². The van der Waals surface area contributed by atoms with E-state index in [4.69, 9.17) is 4.42 Å². The molecule has 0 aliphatic heterocycles. The Morgan fingerprint density at radius 1 is 1.25 bits per heavy atom. The second-order valence-corrected chi connectivity index (χ2v) is 5.92. The van der Waals surface area contributed by atoms with Gasteiger partial charge in [-0.2, -0.15) is 0 Å². The molecule has 20 heavy (non-hydrogen) atoms. The van der Waals surface area contributed by atoms with E-state index in [1.165, 1.54) is 6.42 Å². The van der Waals surface area contributed by atoms with E-state index in [1.54, 1.807) is 13.3 Å². The summed E-state index contributed by atoms with van der Waals surface area (Å²) in [5.74, 6) is 1.86. The molecule has 0 unspecified atom stereocenters. The van der Waals surface area contributed by atoms with Crippen molar-refractivity contribution in [2.75, 3.05) is 20.1 Å². The number of halogens is 1. The molecule has 1 heterocycles. The van der Waals surface area contributed by atoms with Gasteiger partial charge in [0, 0.05) is 26.6 Å². The first-order valence-electron chi connectivity index (χ1n) is 6.98. The van der Waals surface area contributed by atoms with E-state index in [-0.39, 0.29) is 24.0 Å². The molecular weight excluding hydrogens is 365 g/mol. The average Bonchev–Trinajstić information content (AvgIpc) is 2.84. The lowest BCUT2D eigenvalue weighted by molar-refractivity contribution is 0.365. The van der Waals surface area contributed by atoms with Crippen LogP contribution in [0.1, 0.15) is 39.4 Å². The molecule has 4 nitrogen and oxygen atoms in total. The van der Waals surface area contributed by atoms with E-state index in [2.05, 4.69) is 36.4 Å². The molecule has 1 rings (SSSR count). The minimum absolute atomic E-state index is 0. The number of guanidine groups is 1. The molecule has 0 atom stereocenters. The van der Waals surface area contributed by atoms with Gasteiger partial charge in [0.05, 0.1) is 6.26 Å². The quantitative estimate of drug-likeness (QED) is 0.337. The number of hydrogen-bond donors (Lipinski definition) is 2. The number of hydrogen-bond acceptors (Lipinski definition) is 2. The standard InChI is InChI=1S/C15H27N3O.HI/c1-15(2,3)9-6-10-17-14(16-4)18-11-8-13-7-5-12-19-13;/h5,7,12H,6,8-11H2,1-4H3,(H2,16,17,18);1H. The highest BCUT2D eigenvalue weighted by molar-refractivity contribution is 14.0. The molecule has 0 fully saturated rings. The smallest absolute Gasteiger partial charge is 0.190 e. The fourth-order valence-corrected chi connectivity index (χ4v) is 1.81. The maximum absolute atomic E-state index is 5.28. The normalized spacial score (nSPS) is 11.9. The van der Waals surface area contributed by atoms with Gasteiger partial charge in [-0.15, -0.1) is 24.0 Å². The molecule has 0 aliphatic rings. The minimum atomic E-state index is 0. The summed E-state index contributed by atoms with van der Waals surface area (Å²) in [6, 6.07) is 3.90. The Balaban J connectivity index is 0.00000361. The zero-order valence-corrected chi connectivity index (χ0v) is 15.4. The Hall–Kier alpha value is -0.720. The molecule has 0 saturated heterocycles. The topological polar surface area (TPSA) is 49.6 Å². The SMILES string of the molecule is CN=C(NCCCC(C)(C)C)NCCc1ccco1.I. The van der Waals surface area contributed by atoms with Crippen LogP contribution >= 0.6 is 24.0 Å². The average molecular weight is 393 g/mol. The van der Waals surface area contributed by atoms with Gasteiger partial charge < -0.3 is 15.1 Å². The van der Waals surface area contributed by atoms with Crippen molar-refractivity contribution in [3.8, 4) is 0 Å². The second kappa shape index (κ2) is 10.1. The van der Waals surface area contributed by atoms with Gasteiger partial charge in [0.25, 0.3) is 0 Å². The van der Waals surface area contributed by atoms with Crippen LogP contribution in [-0.2, 0) is 6.42 Å². The van der Waals surface area contributed by atoms with Crippen LogP contribution in [0.2, 0.25) is 0 Å². The van der Waals surface area contributed by atoms with Crippen LogP contribution in [0.4, 0.5) is 0 Å². The van der Waals surface area contributed by atoms with E-state index in [1.807, 2.05) is 12.1 Å². The largest absolute Gasteiger partial charge is 0.469 e. The van der Waals surface area contributed by atoms with Crippen LogP contribution in [0.5, 0.6) is 0 Å². The van der Waals surface area contributed by atoms with Gasteiger partial charge in [-0.1, -0.05) is 20.8 Å². The van der Waals surface area contributed by atoms with Crippen LogP contribution in [-0.4, -0.2) is 26.1 Å². The molecule has 0 bridgehead atoms. The van der Waals surface area contributed by atoms with E-state index >= 15 is 0 Å². The molecule has 0 aliphatic carbocycles. The summed E-state index contributed by atoms with van der Waals surface area (Å²) in [4.78, 5) is 4.20. The minimum Gasteiger partial charge on any atom is -0.469 e. The van der Waals surface area contributed by atoms with Gasteiger partial charge in [-0.25, -0.2) is 0 Å². The summed E-state index contributed by atoms with van der Waals surface area (Å²) in [5.41, 5.74) is 0.401. The third-order valence-corrected chi connectivity index (χ3v) is 2.86. The number of rotatable bonds is 6. The van der Waals surface area contributed by atoms with Crippen LogP contribution in [0.3, 0.4) is 0 Å². The number of aliphatic imine (C=N–C) groups is 1. The van der Waals surface area contributed by atoms with E-state index in [0.717, 1.165) is 37.7 Å². The Labute approximate surface area is 139 Å². The predicted octanol–water partition coefficient (Wildman–Crippen LogP) is 3.43. The van der Waals surface area contributed by atoms with E-state index < -0.39 is 0 Å². The maximum Gasteiger partial charge on any atom is 0.190 e. The van der Waals surface area contributed by atoms with Gasteiger partial charge in [0.2, 0.25) is 0 Å². The van der Waals surface area contributed by atoms with E-state index in [0.29, 0.717) is 5.41 Å². The van der Waals surface area contributed by atoms with Gasteiger partial charge >= 0.3 is 0 Å². The highest BCUT2D eigenvalue weighted by Crippen LogP contribution is 2.19. The highest BCUT2D eigenvalue weighted by Gasteiger charge is 2.09. The fraction of sp³-hybridized carbons (Fsp3) is 0.667. The number of nitrogens with one attached hydrogen (secondary N) is 2. The fourth-order valence-electron chi connectivity index (χ4n) is 1.81. The highest BCUT2D eigenvalue weighted by atomic mass is 127. The summed E-state index contributed by atoms with van der Waals surface area (Å²) in [6.07, 6.45) is 4.94. The van der Waals surface area contributed by atoms with Crippen LogP contribution < -0.4 is 10.6 Å². The third-order valence-electron chi connectivity index (χ3n) is 2.86.